The quantitative estimate of drug-likeness (QED) is 0.611. The zero-order valence-electron chi connectivity index (χ0n) is 18.9. The van der Waals surface area contributed by atoms with Gasteiger partial charge in [0.25, 0.3) is 0 Å². The van der Waals surface area contributed by atoms with Crippen LogP contribution in [0, 0.1) is 6.92 Å². The van der Waals surface area contributed by atoms with Crippen molar-refractivity contribution in [1.82, 2.24) is 0 Å². The van der Waals surface area contributed by atoms with E-state index in [0.29, 0.717) is 11.3 Å². The average molecular weight is 405 g/mol. The molecule has 2 rings (SSSR count). The molecule has 160 valence electrons. The largest absolute Gasteiger partial charge is 0.495 e. The molecule has 1 amide bonds. The van der Waals surface area contributed by atoms with Gasteiger partial charge in [-0.2, -0.15) is 0 Å². The minimum atomic E-state index is -0.629. The molecular formula is C21H32BNO6. The van der Waals surface area contributed by atoms with Crippen LogP contribution in [0.15, 0.2) is 12.1 Å². The van der Waals surface area contributed by atoms with Crippen LogP contribution in [-0.2, 0) is 30.0 Å². The van der Waals surface area contributed by atoms with Gasteiger partial charge in [-0.1, -0.05) is 6.07 Å². The van der Waals surface area contributed by atoms with Crippen LogP contribution in [-0.4, -0.2) is 43.1 Å². The third-order valence-electron chi connectivity index (χ3n) is 5.23. The number of carbonyl (C=O) groups excluding carboxylic acids is 2. The molecule has 0 radical (unpaired) electrons. The third-order valence-corrected chi connectivity index (χ3v) is 5.23. The van der Waals surface area contributed by atoms with E-state index in [1.54, 1.807) is 26.8 Å². The van der Waals surface area contributed by atoms with Crippen molar-refractivity contribution in [2.75, 3.05) is 12.4 Å². The number of benzene rings is 1. The Morgan fingerprint density at radius 3 is 2.14 bits per heavy atom. The molecule has 7 nitrogen and oxygen atoms in total. The first-order chi connectivity index (χ1) is 13.1. The summed E-state index contributed by atoms with van der Waals surface area (Å²) in [6.45, 7) is 15.1. The van der Waals surface area contributed by atoms with Crippen molar-refractivity contribution in [3.8, 4) is 0 Å². The van der Waals surface area contributed by atoms with Crippen molar-refractivity contribution in [2.45, 2.75) is 78.6 Å². The molecule has 0 bridgehead atoms. The molecule has 8 heteroatoms. The maximum Gasteiger partial charge on any atom is 0.495 e. The predicted octanol–water partition coefficient (Wildman–Crippen LogP) is 3.36. The molecule has 1 heterocycles. The van der Waals surface area contributed by atoms with Crippen LogP contribution >= 0.6 is 0 Å². The van der Waals surface area contributed by atoms with Gasteiger partial charge in [0.15, 0.2) is 0 Å². The molecule has 0 saturated carbocycles. The van der Waals surface area contributed by atoms with E-state index in [0.717, 1.165) is 11.0 Å². The van der Waals surface area contributed by atoms with E-state index in [-0.39, 0.29) is 12.4 Å². The van der Waals surface area contributed by atoms with Crippen molar-refractivity contribution < 1.29 is 28.4 Å². The van der Waals surface area contributed by atoms with Gasteiger partial charge in [0, 0.05) is 5.69 Å². The van der Waals surface area contributed by atoms with E-state index in [1.807, 2.05) is 40.7 Å². The third kappa shape index (κ3) is 5.51. The molecule has 1 aliphatic heterocycles. The minimum absolute atomic E-state index is 0.0618. The van der Waals surface area contributed by atoms with E-state index in [9.17, 15) is 9.59 Å². The molecule has 1 saturated heterocycles. The lowest BCUT2D eigenvalue weighted by atomic mass is 9.74. The fraction of sp³-hybridized carbons (Fsp3) is 0.619. The lowest BCUT2D eigenvalue weighted by Gasteiger charge is -2.32. The van der Waals surface area contributed by atoms with Crippen LogP contribution in [0.25, 0.3) is 0 Å². The Hall–Kier alpha value is -2.06. The molecule has 29 heavy (non-hydrogen) atoms. The lowest BCUT2D eigenvalue weighted by Crippen LogP contribution is -2.41. The minimum Gasteiger partial charge on any atom is -0.469 e. The van der Waals surface area contributed by atoms with Crippen molar-refractivity contribution in [3.05, 3.63) is 23.3 Å². The van der Waals surface area contributed by atoms with Crippen molar-refractivity contribution in [2.24, 2.45) is 0 Å². The SMILES string of the molecule is COC(=O)Cc1cc(NC(=O)OC(C)(C)C)c(C)c(B2OC(C)(C)C(C)(C)O2)c1. The summed E-state index contributed by atoms with van der Waals surface area (Å²) >= 11 is 0. The number of amides is 1. The number of hydrogen-bond donors (Lipinski definition) is 1. The first-order valence-electron chi connectivity index (χ1n) is 9.71. The topological polar surface area (TPSA) is 83.1 Å². The zero-order valence-corrected chi connectivity index (χ0v) is 18.9. The molecule has 1 fully saturated rings. The van der Waals surface area contributed by atoms with Crippen molar-refractivity contribution in [3.63, 3.8) is 0 Å². The van der Waals surface area contributed by atoms with Gasteiger partial charge in [0.05, 0.1) is 24.7 Å². The fourth-order valence-corrected chi connectivity index (χ4v) is 2.90. The Bertz CT molecular complexity index is 781. The average Bonchev–Trinajstić information content (AvgIpc) is 2.76. The van der Waals surface area contributed by atoms with Crippen LogP contribution in [0.1, 0.15) is 59.6 Å². The van der Waals surface area contributed by atoms with Gasteiger partial charge >= 0.3 is 19.2 Å². The summed E-state index contributed by atoms with van der Waals surface area (Å²) in [5.74, 6) is -0.378. The highest BCUT2D eigenvalue weighted by molar-refractivity contribution is 6.62. The highest BCUT2D eigenvalue weighted by Gasteiger charge is 2.52. The molecule has 0 atom stereocenters. The lowest BCUT2D eigenvalue weighted by molar-refractivity contribution is -0.139. The maximum absolute atomic E-state index is 12.3. The van der Waals surface area contributed by atoms with Crippen LogP contribution in [0.4, 0.5) is 10.5 Å². The zero-order chi connectivity index (χ0) is 22.2. The Morgan fingerprint density at radius 1 is 1.10 bits per heavy atom. The molecule has 0 unspecified atom stereocenters. The van der Waals surface area contributed by atoms with E-state index in [4.69, 9.17) is 18.8 Å². The fourth-order valence-electron chi connectivity index (χ4n) is 2.90. The predicted molar refractivity (Wildman–Crippen MR) is 112 cm³/mol. The van der Waals surface area contributed by atoms with Gasteiger partial charge in [-0.05, 0) is 78.0 Å². The number of hydrogen-bond acceptors (Lipinski definition) is 6. The first-order valence-corrected chi connectivity index (χ1v) is 9.71. The number of anilines is 1. The second-order valence-corrected chi connectivity index (χ2v) is 9.33. The normalized spacial score (nSPS) is 17.8. The van der Waals surface area contributed by atoms with Crippen molar-refractivity contribution >= 4 is 30.3 Å². The summed E-state index contributed by atoms with van der Waals surface area (Å²) in [5, 5.41) is 2.78. The molecular weight excluding hydrogens is 373 g/mol. The van der Waals surface area contributed by atoms with Crippen LogP contribution in [0.3, 0.4) is 0 Å². The summed E-state index contributed by atoms with van der Waals surface area (Å²) < 4.78 is 22.5. The number of esters is 1. The number of nitrogens with one attached hydrogen (secondary N) is 1. The highest BCUT2D eigenvalue weighted by atomic mass is 16.7. The standard InChI is InChI=1S/C21H32BNO6/c1-13-15(22-28-20(5,6)21(7,8)29-22)10-14(12-17(24)26-9)11-16(13)23-18(25)27-19(2,3)4/h10-11H,12H2,1-9H3,(H,23,25). The van der Waals surface area contributed by atoms with E-state index in [1.165, 1.54) is 7.11 Å². The second-order valence-electron chi connectivity index (χ2n) is 9.33. The second kappa shape index (κ2) is 7.99. The van der Waals surface area contributed by atoms with Crippen LogP contribution in [0.2, 0.25) is 0 Å². The smallest absolute Gasteiger partial charge is 0.469 e. The molecule has 1 aliphatic rings. The summed E-state index contributed by atoms with van der Waals surface area (Å²) in [7, 11) is 0.711. The maximum atomic E-state index is 12.3. The monoisotopic (exact) mass is 405 g/mol. The summed E-state index contributed by atoms with van der Waals surface area (Å²) in [6.07, 6.45) is -0.512. The number of methoxy groups -OCH3 is 1. The van der Waals surface area contributed by atoms with E-state index < -0.39 is 30.0 Å². The van der Waals surface area contributed by atoms with Gasteiger partial charge in [-0.25, -0.2) is 4.79 Å². The highest BCUT2D eigenvalue weighted by Crippen LogP contribution is 2.37. The van der Waals surface area contributed by atoms with Crippen LogP contribution < -0.4 is 10.8 Å². The summed E-state index contributed by atoms with van der Waals surface area (Å²) in [6, 6.07) is 3.60. The Morgan fingerprint density at radius 2 is 1.66 bits per heavy atom. The molecule has 1 aromatic carbocycles. The number of rotatable bonds is 4. The molecule has 0 spiro atoms. The van der Waals surface area contributed by atoms with Gasteiger partial charge in [0.2, 0.25) is 0 Å². The molecule has 1 N–H and O–H groups in total. The Balaban J connectivity index is 2.43. The van der Waals surface area contributed by atoms with E-state index >= 15 is 0 Å². The van der Waals surface area contributed by atoms with Gasteiger partial charge in [-0.3, -0.25) is 10.1 Å². The van der Waals surface area contributed by atoms with Gasteiger partial charge in [-0.15, -0.1) is 0 Å². The van der Waals surface area contributed by atoms with Crippen molar-refractivity contribution in [1.29, 1.82) is 0 Å². The van der Waals surface area contributed by atoms with Gasteiger partial charge in [0.1, 0.15) is 5.60 Å². The number of ether oxygens (including phenoxy) is 2. The van der Waals surface area contributed by atoms with Crippen LogP contribution in [0.5, 0.6) is 0 Å². The molecule has 1 aromatic rings. The van der Waals surface area contributed by atoms with E-state index in [2.05, 4.69) is 5.32 Å². The van der Waals surface area contributed by atoms with Gasteiger partial charge < -0.3 is 18.8 Å². The first kappa shape index (κ1) is 23.2. The summed E-state index contributed by atoms with van der Waals surface area (Å²) in [4.78, 5) is 24.2. The molecule has 0 aliphatic carbocycles. The molecule has 0 aromatic heterocycles. The number of carbonyl (C=O) groups is 2. The summed E-state index contributed by atoms with van der Waals surface area (Å²) in [5.41, 5.74) is 1.08. The Kier molecular flexibility index (Phi) is 6.40. The Labute approximate surface area is 173 Å².